The lowest BCUT2D eigenvalue weighted by Gasteiger charge is -2.36. The maximum atomic E-state index is 6.51. The first-order valence-corrected chi connectivity index (χ1v) is 11.8. The van der Waals surface area contributed by atoms with Crippen molar-refractivity contribution in [3.63, 3.8) is 0 Å². The molecule has 2 aromatic rings. The second-order valence-corrected chi connectivity index (χ2v) is 9.45. The minimum absolute atomic E-state index is 0.0112. The zero-order valence-electron chi connectivity index (χ0n) is 17.2. The van der Waals surface area contributed by atoms with Gasteiger partial charge in [-0.3, -0.25) is 4.90 Å². The Morgan fingerprint density at radius 3 is 2.67 bits per heavy atom. The molecule has 2 N–H and O–H groups in total. The molecule has 2 atom stereocenters. The molecule has 6 heteroatoms. The summed E-state index contributed by atoms with van der Waals surface area (Å²) in [7, 11) is 0. The number of halogens is 3. The van der Waals surface area contributed by atoms with Crippen LogP contribution in [0.25, 0.3) is 5.57 Å². The highest BCUT2D eigenvalue weighted by atomic mass is 35.5. The van der Waals surface area contributed by atoms with Crippen molar-refractivity contribution >= 4 is 46.1 Å². The first-order chi connectivity index (χ1) is 14.5. The SMILES string of the molecule is CC(Nc1cc(C2=CCN(C3CCCNC3)CC2)ccc1Cl)c1ccc(Cl)cc1Cl. The van der Waals surface area contributed by atoms with Crippen LogP contribution in [-0.2, 0) is 0 Å². The largest absolute Gasteiger partial charge is 0.377 e. The summed E-state index contributed by atoms with van der Waals surface area (Å²) in [6.07, 6.45) is 6.02. The molecule has 2 heterocycles. The van der Waals surface area contributed by atoms with E-state index in [9.17, 15) is 0 Å². The molecule has 2 aliphatic rings. The molecule has 30 heavy (non-hydrogen) atoms. The summed E-state index contributed by atoms with van der Waals surface area (Å²) >= 11 is 18.9. The fourth-order valence-corrected chi connectivity index (χ4v) is 5.17. The van der Waals surface area contributed by atoms with Crippen molar-refractivity contribution in [1.82, 2.24) is 10.2 Å². The van der Waals surface area contributed by atoms with Crippen molar-refractivity contribution in [1.29, 1.82) is 0 Å². The number of anilines is 1. The first-order valence-electron chi connectivity index (χ1n) is 10.7. The molecule has 2 aliphatic heterocycles. The maximum absolute atomic E-state index is 6.51. The molecule has 1 saturated heterocycles. The highest BCUT2D eigenvalue weighted by molar-refractivity contribution is 6.35. The number of rotatable bonds is 5. The van der Waals surface area contributed by atoms with Crippen molar-refractivity contribution in [2.45, 2.75) is 38.3 Å². The van der Waals surface area contributed by atoms with Crippen LogP contribution < -0.4 is 10.6 Å². The molecule has 0 aromatic heterocycles. The van der Waals surface area contributed by atoms with E-state index >= 15 is 0 Å². The monoisotopic (exact) mass is 463 g/mol. The number of hydrogen-bond acceptors (Lipinski definition) is 3. The summed E-state index contributed by atoms with van der Waals surface area (Å²) in [4.78, 5) is 2.61. The van der Waals surface area contributed by atoms with Crippen molar-refractivity contribution in [3.8, 4) is 0 Å². The average molecular weight is 465 g/mol. The van der Waals surface area contributed by atoms with Crippen LogP contribution in [-0.4, -0.2) is 37.1 Å². The highest BCUT2D eigenvalue weighted by Crippen LogP contribution is 2.34. The smallest absolute Gasteiger partial charge is 0.0638 e. The van der Waals surface area contributed by atoms with E-state index in [-0.39, 0.29) is 6.04 Å². The standard InChI is InChI=1S/C24H28Cl3N3/c1-16(21-6-5-19(25)14-23(21)27)29-24-13-18(4-7-22(24)26)17-8-11-30(12-9-17)20-3-2-10-28-15-20/h4-8,13-14,16,20,28-29H,2-3,9-12,15H2,1H3. The molecule has 3 nitrogen and oxygen atoms in total. The van der Waals surface area contributed by atoms with Gasteiger partial charge in [0.1, 0.15) is 0 Å². The van der Waals surface area contributed by atoms with Gasteiger partial charge in [0, 0.05) is 35.7 Å². The lowest BCUT2D eigenvalue weighted by Crippen LogP contribution is -2.47. The van der Waals surface area contributed by atoms with Crippen LogP contribution in [0.15, 0.2) is 42.5 Å². The van der Waals surface area contributed by atoms with Crippen LogP contribution in [0.4, 0.5) is 5.69 Å². The molecule has 2 unspecified atom stereocenters. The van der Waals surface area contributed by atoms with Gasteiger partial charge in [0.2, 0.25) is 0 Å². The number of piperidine rings is 1. The van der Waals surface area contributed by atoms with Gasteiger partial charge in [-0.1, -0.05) is 53.0 Å². The third-order valence-electron chi connectivity index (χ3n) is 6.17. The molecule has 0 saturated carbocycles. The highest BCUT2D eigenvalue weighted by Gasteiger charge is 2.23. The van der Waals surface area contributed by atoms with E-state index in [1.165, 1.54) is 24.0 Å². The van der Waals surface area contributed by atoms with Gasteiger partial charge < -0.3 is 10.6 Å². The molecule has 160 valence electrons. The van der Waals surface area contributed by atoms with E-state index in [1.54, 1.807) is 6.07 Å². The van der Waals surface area contributed by atoms with E-state index in [4.69, 9.17) is 34.8 Å². The van der Waals surface area contributed by atoms with Gasteiger partial charge >= 0.3 is 0 Å². The quantitative estimate of drug-likeness (QED) is 0.518. The van der Waals surface area contributed by atoms with Crippen molar-refractivity contribution in [2.24, 2.45) is 0 Å². The van der Waals surface area contributed by atoms with E-state index in [0.717, 1.165) is 43.9 Å². The zero-order valence-corrected chi connectivity index (χ0v) is 19.5. The maximum Gasteiger partial charge on any atom is 0.0638 e. The number of benzene rings is 2. The van der Waals surface area contributed by atoms with Crippen LogP contribution in [0.1, 0.15) is 43.4 Å². The third-order valence-corrected chi connectivity index (χ3v) is 7.06. The van der Waals surface area contributed by atoms with Gasteiger partial charge in [-0.05, 0) is 73.7 Å². The van der Waals surface area contributed by atoms with Gasteiger partial charge in [0.25, 0.3) is 0 Å². The Balaban J connectivity index is 1.47. The molecule has 0 aliphatic carbocycles. The summed E-state index contributed by atoms with van der Waals surface area (Å²) in [6, 6.07) is 12.5. The predicted molar refractivity (Wildman–Crippen MR) is 130 cm³/mol. The lowest BCUT2D eigenvalue weighted by molar-refractivity contribution is 0.182. The number of nitrogens with one attached hydrogen (secondary N) is 2. The fourth-order valence-electron chi connectivity index (χ4n) is 4.42. The Kier molecular flexibility index (Phi) is 7.28. The molecule has 2 aromatic carbocycles. The summed E-state index contributed by atoms with van der Waals surface area (Å²) < 4.78 is 0. The number of nitrogens with zero attached hydrogens (tertiary/aromatic N) is 1. The van der Waals surface area contributed by atoms with Crippen LogP contribution >= 0.6 is 34.8 Å². The van der Waals surface area contributed by atoms with E-state index in [2.05, 4.69) is 40.7 Å². The Bertz CT molecular complexity index is 922. The van der Waals surface area contributed by atoms with Crippen LogP contribution in [0.3, 0.4) is 0 Å². The average Bonchev–Trinajstić information content (AvgIpc) is 2.76. The molecule has 4 rings (SSSR count). The molecular formula is C24H28Cl3N3. The topological polar surface area (TPSA) is 27.3 Å². The fraction of sp³-hybridized carbons (Fsp3) is 0.417. The summed E-state index contributed by atoms with van der Waals surface area (Å²) in [5, 5.41) is 9.05. The van der Waals surface area contributed by atoms with E-state index in [0.29, 0.717) is 21.1 Å². The third kappa shape index (κ3) is 5.15. The van der Waals surface area contributed by atoms with Crippen LogP contribution in [0.2, 0.25) is 15.1 Å². The zero-order chi connectivity index (χ0) is 21.1. The Labute approximate surface area is 194 Å². The van der Waals surface area contributed by atoms with Gasteiger partial charge in [0.15, 0.2) is 0 Å². The molecule has 0 bridgehead atoms. The lowest BCUT2D eigenvalue weighted by atomic mass is 9.96. The first kappa shape index (κ1) is 22.0. The van der Waals surface area contributed by atoms with Crippen molar-refractivity contribution in [3.05, 3.63) is 68.7 Å². The van der Waals surface area contributed by atoms with E-state index in [1.807, 2.05) is 18.2 Å². The van der Waals surface area contributed by atoms with E-state index < -0.39 is 0 Å². The summed E-state index contributed by atoms with van der Waals surface area (Å²) in [5.41, 5.74) is 4.55. The second kappa shape index (κ2) is 9.93. The molecule has 0 spiro atoms. The molecule has 0 amide bonds. The van der Waals surface area contributed by atoms with Crippen LogP contribution in [0.5, 0.6) is 0 Å². The molecule has 1 fully saturated rings. The summed E-state index contributed by atoms with van der Waals surface area (Å²) in [6.45, 7) is 6.48. The predicted octanol–water partition coefficient (Wildman–Crippen LogP) is 6.66. The van der Waals surface area contributed by atoms with Crippen molar-refractivity contribution < 1.29 is 0 Å². The molecule has 0 radical (unpaired) electrons. The molecular weight excluding hydrogens is 437 g/mol. The minimum Gasteiger partial charge on any atom is -0.377 e. The van der Waals surface area contributed by atoms with Crippen molar-refractivity contribution in [2.75, 3.05) is 31.5 Å². The minimum atomic E-state index is 0.0112. The van der Waals surface area contributed by atoms with Gasteiger partial charge in [-0.15, -0.1) is 0 Å². The van der Waals surface area contributed by atoms with Gasteiger partial charge in [0.05, 0.1) is 16.8 Å². The normalized spacial score (nSPS) is 21.2. The van der Waals surface area contributed by atoms with Crippen LogP contribution in [0, 0.1) is 0 Å². The summed E-state index contributed by atoms with van der Waals surface area (Å²) in [5.74, 6) is 0. The number of hydrogen-bond donors (Lipinski definition) is 2. The Hall–Kier alpha value is -1.23. The van der Waals surface area contributed by atoms with Gasteiger partial charge in [-0.25, -0.2) is 0 Å². The Morgan fingerprint density at radius 2 is 1.97 bits per heavy atom. The Morgan fingerprint density at radius 1 is 1.10 bits per heavy atom. The van der Waals surface area contributed by atoms with Gasteiger partial charge in [-0.2, -0.15) is 0 Å². The second-order valence-electron chi connectivity index (χ2n) is 8.20.